The van der Waals surface area contributed by atoms with Gasteiger partial charge in [-0.3, -0.25) is 9.78 Å². The van der Waals surface area contributed by atoms with Crippen molar-refractivity contribution in [2.75, 3.05) is 6.54 Å². The summed E-state index contributed by atoms with van der Waals surface area (Å²) in [4.78, 5) is 18.3. The molecule has 0 spiro atoms. The van der Waals surface area contributed by atoms with Crippen molar-refractivity contribution in [2.24, 2.45) is 11.7 Å². The molecule has 0 saturated carbocycles. The summed E-state index contributed by atoms with van der Waals surface area (Å²) in [6.07, 6.45) is 5.61. The minimum Gasteiger partial charge on any atom is -0.334 e. The Kier molecular flexibility index (Phi) is 3.97. The highest BCUT2D eigenvalue weighted by Gasteiger charge is 2.33. The van der Waals surface area contributed by atoms with Gasteiger partial charge in [0.2, 0.25) is 5.91 Å². The van der Waals surface area contributed by atoms with Crippen LogP contribution in [0.5, 0.6) is 0 Å². The van der Waals surface area contributed by atoms with Crippen molar-refractivity contribution in [1.82, 2.24) is 9.88 Å². The predicted molar refractivity (Wildman–Crippen MR) is 70.7 cm³/mol. The lowest BCUT2D eigenvalue weighted by atomic mass is 10.0. The number of hydrogen-bond donors (Lipinski definition) is 1. The van der Waals surface area contributed by atoms with Crippen LogP contribution in [0.15, 0.2) is 24.5 Å². The predicted octanol–water partition coefficient (Wildman–Crippen LogP) is 1.73. The van der Waals surface area contributed by atoms with E-state index in [2.05, 4.69) is 4.98 Å². The van der Waals surface area contributed by atoms with E-state index in [1.165, 1.54) is 0 Å². The van der Waals surface area contributed by atoms with E-state index in [4.69, 9.17) is 5.73 Å². The van der Waals surface area contributed by atoms with Gasteiger partial charge in [-0.15, -0.1) is 0 Å². The molecule has 2 rings (SSSR count). The quantitative estimate of drug-likeness (QED) is 0.885. The Morgan fingerprint density at radius 2 is 2.11 bits per heavy atom. The van der Waals surface area contributed by atoms with Crippen molar-refractivity contribution in [3.8, 4) is 0 Å². The maximum atomic E-state index is 12.4. The molecule has 1 aromatic rings. The van der Waals surface area contributed by atoms with Gasteiger partial charge in [0.1, 0.15) is 0 Å². The molecule has 2 heterocycles. The monoisotopic (exact) mass is 247 g/mol. The number of aromatic nitrogens is 1. The molecule has 1 saturated heterocycles. The van der Waals surface area contributed by atoms with Crippen molar-refractivity contribution in [2.45, 2.75) is 38.8 Å². The van der Waals surface area contributed by atoms with Gasteiger partial charge in [0, 0.05) is 18.9 Å². The third-order valence-electron chi connectivity index (χ3n) is 3.63. The standard InChI is InChI=1S/C14H21N3O/c1-10(2)13(15)14(18)17-9-3-4-12(17)11-5-7-16-8-6-11/h5-8,10,12-13H,3-4,9,15H2,1-2H3/t12?,13-/m1/s1. The molecule has 0 aliphatic carbocycles. The molecule has 4 nitrogen and oxygen atoms in total. The average molecular weight is 247 g/mol. The second-order valence-corrected chi connectivity index (χ2v) is 5.24. The topological polar surface area (TPSA) is 59.2 Å². The number of nitrogens with two attached hydrogens (primary N) is 1. The molecule has 2 atom stereocenters. The summed E-state index contributed by atoms with van der Waals surface area (Å²) in [5, 5.41) is 0. The fourth-order valence-corrected chi connectivity index (χ4v) is 2.44. The molecule has 1 unspecified atom stereocenters. The lowest BCUT2D eigenvalue weighted by molar-refractivity contribution is -0.134. The first-order chi connectivity index (χ1) is 8.61. The molecular formula is C14H21N3O. The first-order valence-corrected chi connectivity index (χ1v) is 6.57. The second-order valence-electron chi connectivity index (χ2n) is 5.24. The van der Waals surface area contributed by atoms with Crippen LogP contribution >= 0.6 is 0 Å². The van der Waals surface area contributed by atoms with Gasteiger partial charge in [0.05, 0.1) is 12.1 Å². The van der Waals surface area contributed by atoms with Gasteiger partial charge < -0.3 is 10.6 Å². The summed E-state index contributed by atoms with van der Waals surface area (Å²) < 4.78 is 0. The molecule has 1 amide bonds. The van der Waals surface area contributed by atoms with Crippen molar-refractivity contribution in [3.63, 3.8) is 0 Å². The van der Waals surface area contributed by atoms with Crippen molar-refractivity contribution in [1.29, 1.82) is 0 Å². The van der Waals surface area contributed by atoms with Gasteiger partial charge in [-0.05, 0) is 36.5 Å². The molecule has 1 aliphatic heterocycles. The Hall–Kier alpha value is -1.42. The van der Waals surface area contributed by atoms with Crippen LogP contribution in [0.3, 0.4) is 0 Å². The van der Waals surface area contributed by atoms with Gasteiger partial charge in [0.25, 0.3) is 0 Å². The SMILES string of the molecule is CC(C)[C@@H](N)C(=O)N1CCCC1c1ccncc1. The van der Waals surface area contributed by atoms with E-state index in [0.29, 0.717) is 0 Å². The Morgan fingerprint density at radius 3 is 2.72 bits per heavy atom. The average Bonchev–Trinajstić information content (AvgIpc) is 2.87. The Morgan fingerprint density at radius 1 is 1.44 bits per heavy atom. The van der Waals surface area contributed by atoms with Crippen LogP contribution in [0, 0.1) is 5.92 Å². The molecule has 2 N–H and O–H groups in total. The first kappa shape index (κ1) is 13.0. The van der Waals surface area contributed by atoms with Crippen LogP contribution in [-0.4, -0.2) is 28.4 Å². The van der Waals surface area contributed by atoms with Crippen molar-refractivity contribution < 1.29 is 4.79 Å². The normalized spacial score (nSPS) is 21.3. The molecular weight excluding hydrogens is 226 g/mol. The number of rotatable bonds is 3. The highest BCUT2D eigenvalue weighted by Crippen LogP contribution is 2.32. The molecule has 4 heteroatoms. The third kappa shape index (κ3) is 2.53. The summed E-state index contributed by atoms with van der Waals surface area (Å²) in [7, 11) is 0. The Labute approximate surface area is 108 Å². The molecule has 0 aromatic carbocycles. The zero-order valence-corrected chi connectivity index (χ0v) is 11.0. The van der Waals surface area contributed by atoms with Crippen molar-refractivity contribution in [3.05, 3.63) is 30.1 Å². The molecule has 98 valence electrons. The summed E-state index contributed by atoms with van der Waals surface area (Å²) in [5.74, 6) is 0.250. The first-order valence-electron chi connectivity index (χ1n) is 6.57. The van der Waals surface area contributed by atoms with E-state index in [0.717, 1.165) is 24.9 Å². The lowest BCUT2D eigenvalue weighted by Gasteiger charge is -2.29. The summed E-state index contributed by atoms with van der Waals surface area (Å²) in [6, 6.07) is 3.74. The summed E-state index contributed by atoms with van der Waals surface area (Å²) >= 11 is 0. The lowest BCUT2D eigenvalue weighted by Crippen LogP contribution is -2.46. The van der Waals surface area contributed by atoms with Gasteiger partial charge in [0.15, 0.2) is 0 Å². The number of pyridine rings is 1. The zero-order chi connectivity index (χ0) is 13.1. The van der Waals surface area contributed by atoms with Gasteiger partial charge in [-0.2, -0.15) is 0 Å². The van der Waals surface area contributed by atoms with Crippen LogP contribution in [0.1, 0.15) is 38.3 Å². The number of amides is 1. The molecule has 1 aromatic heterocycles. The third-order valence-corrected chi connectivity index (χ3v) is 3.63. The number of hydrogen-bond acceptors (Lipinski definition) is 3. The summed E-state index contributed by atoms with van der Waals surface area (Å²) in [6.45, 7) is 4.78. The van der Waals surface area contributed by atoms with Crippen LogP contribution in [0.25, 0.3) is 0 Å². The zero-order valence-electron chi connectivity index (χ0n) is 11.0. The van der Waals surface area contributed by atoms with Gasteiger partial charge >= 0.3 is 0 Å². The van der Waals surface area contributed by atoms with E-state index in [1.54, 1.807) is 12.4 Å². The highest BCUT2D eigenvalue weighted by atomic mass is 16.2. The minimum atomic E-state index is -0.396. The smallest absolute Gasteiger partial charge is 0.240 e. The molecule has 0 bridgehead atoms. The maximum absolute atomic E-state index is 12.4. The van der Waals surface area contributed by atoms with E-state index in [-0.39, 0.29) is 17.9 Å². The second kappa shape index (κ2) is 5.48. The van der Waals surface area contributed by atoms with E-state index < -0.39 is 6.04 Å². The summed E-state index contributed by atoms with van der Waals surface area (Å²) in [5.41, 5.74) is 7.14. The highest BCUT2D eigenvalue weighted by molar-refractivity contribution is 5.82. The number of likely N-dealkylation sites (tertiary alicyclic amines) is 1. The fourth-order valence-electron chi connectivity index (χ4n) is 2.44. The van der Waals surface area contributed by atoms with E-state index in [1.807, 2.05) is 30.9 Å². The number of carbonyl (C=O) groups excluding carboxylic acids is 1. The van der Waals surface area contributed by atoms with Gasteiger partial charge in [-0.25, -0.2) is 0 Å². The number of nitrogens with zero attached hydrogens (tertiary/aromatic N) is 2. The Bertz CT molecular complexity index is 405. The maximum Gasteiger partial charge on any atom is 0.240 e. The van der Waals surface area contributed by atoms with E-state index >= 15 is 0 Å². The van der Waals surface area contributed by atoms with Crippen LogP contribution < -0.4 is 5.73 Å². The molecule has 18 heavy (non-hydrogen) atoms. The molecule has 1 aliphatic rings. The number of carbonyl (C=O) groups is 1. The molecule has 1 fully saturated rings. The largest absolute Gasteiger partial charge is 0.334 e. The van der Waals surface area contributed by atoms with Crippen molar-refractivity contribution >= 4 is 5.91 Å². The Balaban J connectivity index is 2.15. The minimum absolute atomic E-state index is 0.0734. The van der Waals surface area contributed by atoms with Crippen LogP contribution in [0.4, 0.5) is 0 Å². The fraction of sp³-hybridized carbons (Fsp3) is 0.571. The van der Waals surface area contributed by atoms with Gasteiger partial charge in [-0.1, -0.05) is 13.8 Å². The van der Waals surface area contributed by atoms with E-state index in [9.17, 15) is 4.79 Å². The molecule has 0 radical (unpaired) electrons. The van der Waals surface area contributed by atoms with Crippen LogP contribution in [0.2, 0.25) is 0 Å². The van der Waals surface area contributed by atoms with Crippen LogP contribution in [-0.2, 0) is 4.79 Å².